The zero-order valence-corrected chi connectivity index (χ0v) is 11.0. The summed E-state index contributed by atoms with van der Waals surface area (Å²) in [5.74, 6) is -1.43. The van der Waals surface area contributed by atoms with Gasteiger partial charge in [-0.3, -0.25) is 4.79 Å². The molecule has 0 aliphatic heterocycles. The maximum Gasteiger partial charge on any atom is 0.310 e. The van der Waals surface area contributed by atoms with Crippen LogP contribution in [0.3, 0.4) is 0 Å². The van der Waals surface area contributed by atoms with E-state index >= 15 is 0 Å². The molecular formula is C12H14Cl2O3. The van der Waals surface area contributed by atoms with Gasteiger partial charge in [-0.2, -0.15) is 0 Å². The van der Waals surface area contributed by atoms with Gasteiger partial charge in [-0.15, -0.1) is 0 Å². The molecule has 0 radical (unpaired) electrons. The second-order valence-electron chi connectivity index (χ2n) is 3.70. The molecule has 0 aliphatic carbocycles. The van der Waals surface area contributed by atoms with Crippen molar-refractivity contribution in [2.75, 3.05) is 13.7 Å². The number of methoxy groups -OCH3 is 1. The first-order chi connectivity index (χ1) is 8.06. The Morgan fingerprint density at radius 2 is 2.12 bits per heavy atom. The molecule has 3 nitrogen and oxygen atoms in total. The lowest BCUT2D eigenvalue weighted by Crippen LogP contribution is -2.12. The van der Waals surface area contributed by atoms with E-state index in [2.05, 4.69) is 0 Å². The van der Waals surface area contributed by atoms with Crippen molar-refractivity contribution in [3.8, 4) is 0 Å². The van der Waals surface area contributed by atoms with Gasteiger partial charge in [-0.05, 0) is 30.5 Å². The fourth-order valence-corrected chi connectivity index (χ4v) is 1.90. The molecule has 1 atom stereocenters. The van der Waals surface area contributed by atoms with Crippen molar-refractivity contribution in [1.29, 1.82) is 0 Å². The molecule has 94 valence electrons. The number of rotatable bonds is 6. The fraction of sp³-hybridized carbons (Fsp3) is 0.417. The Bertz CT molecular complexity index is 393. The molecule has 0 amide bonds. The minimum Gasteiger partial charge on any atom is -0.481 e. The van der Waals surface area contributed by atoms with Gasteiger partial charge in [-0.25, -0.2) is 0 Å². The number of benzene rings is 1. The van der Waals surface area contributed by atoms with Crippen LogP contribution in [0.5, 0.6) is 0 Å². The monoisotopic (exact) mass is 276 g/mol. The zero-order valence-electron chi connectivity index (χ0n) is 9.45. The Kier molecular flexibility index (Phi) is 5.75. The Balaban J connectivity index is 2.82. The molecule has 1 aromatic rings. The van der Waals surface area contributed by atoms with E-state index in [1.807, 2.05) is 0 Å². The van der Waals surface area contributed by atoms with Crippen molar-refractivity contribution in [3.05, 3.63) is 33.8 Å². The second kappa shape index (κ2) is 6.84. The molecule has 0 bridgehead atoms. The van der Waals surface area contributed by atoms with Crippen LogP contribution in [0, 0.1) is 0 Å². The van der Waals surface area contributed by atoms with Gasteiger partial charge in [0.15, 0.2) is 0 Å². The molecular weight excluding hydrogens is 263 g/mol. The lowest BCUT2D eigenvalue weighted by atomic mass is 9.94. The second-order valence-corrected chi connectivity index (χ2v) is 4.51. The molecule has 1 unspecified atom stereocenters. The first kappa shape index (κ1) is 14.3. The highest BCUT2D eigenvalue weighted by Gasteiger charge is 2.20. The number of carboxylic acid groups (broad SMARTS) is 1. The summed E-state index contributed by atoms with van der Waals surface area (Å²) in [4.78, 5) is 11.2. The Labute approximate surface area is 110 Å². The maximum atomic E-state index is 11.2. The van der Waals surface area contributed by atoms with Crippen molar-refractivity contribution in [3.63, 3.8) is 0 Å². The zero-order chi connectivity index (χ0) is 12.8. The van der Waals surface area contributed by atoms with Crippen LogP contribution in [-0.2, 0) is 9.53 Å². The van der Waals surface area contributed by atoms with E-state index < -0.39 is 11.9 Å². The number of carboxylic acids is 1. The van der Waals surface area contributed by atoms with Crippen molar-refractivity contribution in [1.82, 2.24) is 0 Å². The fourth-order valence-electron chi connectivity index (χ4n) is 1.59. The van der Waals surface area contributed by atoms with Gasteiger partial charge in [-0.1, -0.05) is 29.3 Å². The van der Waals surface area contributed by atoms with Crippen LogP contribution >= 0.6 is 23.2 Å². The molecule has 0 aromatic heterocycles. The Hall–Kier alpha value is -0.770. The van der Waals surface area contributed by atoms with Gasteiger partial charge in [0, 0.05) is 13.7 Å². The molecule has 0 saturated carbocycles. The van der Waals surface area contributed by atoms with Gasteiger partial charge < -0.3 is 9.84 Å². The van der Waals surface area contributed by atoms with E-state index in [9.17, 15) is 4.79 Å². The predicted octanol–water partition coefficient (Wildman–Crippen LogP) is 3.59. The summed E-state index contributed by atoms with van der Waals surface area (Å²) in [6, 6.07) is 4.92. The molecule has 0 fully saturated rings. The van der Waals surface area contributed by atoms with E-state index in [1.165, 1.54) is 0 Å². The number of aliphatic carboxylic acids is 1. The number of carbonyl (C=O) groups is 1. The van der Waals surface area contributed by atoms with Crippen LogP contribution in [0.2, 0.25) is 10.0 Å². The summed E-state index contributed by atoms with van der Waals surface area (Å²) in [5, 5.41) is 9.97. The summed E-state index contributed by atoms with van der Waals surface area (Å²) < 4.78 is 4.91. The molecule has 0 heterocycles. The third-order valence-electron chi connectivity index (χ3n) is 2.49. The maximum absolute atomic E-state index is 11.2. The first-order valence-corrected chi connectivity index (χ1v) is 5.98. The highest BCUT2D eigenvalue weighted by molar-refractivity contribution is 6.42. The van der Waals surface area contributed by atoms with Crippen molar-refractivity contribution in [2.45, 2.75) is 18.8 Å². The summed E-state index contributed by atoms with van der Waals surface area (Å²) >= 11 is 11.7. The Morgan fingerprint density at radius 3 is 2.65 bits per heavy atom. The largest absolute Gasteiger partial charge is 0.481 e. The van der Waals surface area contributed by atoms with Gasteiger partial charge >= 0.3 is 5.97 Å². The molecule has 0 spiro atoms. The van der Waals surface area contributed by atoms with Crippen LogP contribution in [0.15, 0.2) is 18.2 Å². The lowest BCUT2D eigenvalue weighted by molar-refractivity contribution is -0.139. The van der Waals surface area contributed by atoms with Gasteiger partial charge in [0.05, 0.1) is 16.0 Å². The minimum atomic E-state index is -0.862. The molecule has 5 heteroatoms. The third-order valence-corrected chi connectivity index (χ3v) is 3.22. The molecule has 1 aromatic carbocycles. The highest BCUT2D eigenvalue weighted by atomic mass is 35.5. The number of ether oxygens (including phenoxy) is 1. The highest BCUT2D eigenvalue weighted by Crippen LogP contribution is 2.28. The van der Waals surface area contributed by atoms with Crippen molar-refractivity contribution < 1.29 is 14.6 Å². The van der Waals surface area contributed by atoms with E-state index in [-0.39, 0.29) is 0 Å². The van der Waals surface area contributed by atoms with Gasteiger partial charge in [0.1, 0.15) is 0 Å². The summed E-state index contributed by atoms with van der Waals surface area (Å²) in [6.45, 7) is 0.547. The molecule has 17 heavy (non-hydrogen) atoms. The normalized spacial score (nSPS) is 12.4. The van der Waals surface area contributed by atoms with Crippen molar-refractivity contribution in [2.24, 2.45) is 0 Å². The quantitative estimate of drug-likeness (QED) is 0.808. The number of halogens is 2. The summed E-state index contributed by atoms with van der Waals surface area (Å²) in [7, 11) is 1.59. The standard InChI is InChI=1S/C12H14Cl2O3/c1-17-6-2-3-9(12(15)16)8-4-5-10(13)11(14)7-8/h4-5,7,9H,2-3,6H2,1H3,(H,15,16). The molecule has 1 N–H and O–H groups in total. The Morgan fingerprint density at radius 1 is 1.41 bits per heavy atom. The summed E-state index contributed by atoms with van der Waals surface area (Å²) in [6.07, 6.45) is 1.20. The van der Waals surface area contributed by atoms with Crippen LogP contribution in [-0.4, -0.2) is 24.8 Å². The summed E-state index contributed by atoms with van der Waals surface area (Å²) in [5.41, 5.74) is 0.669. The minimum absolute atomic E-state index is 0.377. The van der Waals surface area contributed by atoms with Crippen LogP contribution in [0.1, 0.15) is 24.3 Å². The van der Waals surface area contributed by atoms with E-state index in [4.69, 9.17) is 33.0 Å². The number of hydrogen-bond acceptors (Lipinski definition) is 2. The molecule has 0 saturated heterocycles. The van der Waals surface area contributed by atoms with Gasteiger partial charge in [0.25, 0.3) is 0 Å². The average Bonchev–Trinajstić information content (AvgIpc) is 2.28. The lowest BCUT2D eigenvalue weighted by Gasteiger charge is -2.13. The van der Waals surface area contributed by atoms with E-state index in [0.29, 0.717) is 35.1 Å². The molecule has 0 aliphatic rings. The van der Waals surface area contributed by atoms with Crippen LogP contribution < -0.4 is 0 Å². The third kappa shape index (κ3) is 4.19. The predicted molar refractivity (Wildman–Crippen MR) is 67.9 cm³/mol. The first-order valence-electron chi connectivity index (χ1n) is 5.23. The smallest absolute Gasteiger partial charge is 0.310 e. The SMILES string of the molecule is COCCCC(C(=O)O)c1ccc(Cl)c(Cl)c1. The van der Waals surface area contributed by atoms with Crippen LogP contribution in [0.4, 0.5) is 0 Å². The van der Waals surface area contributed by atoms with Crippen LogP contribution in [0.25, 0.3) is 0 Å². The molecule has 1 rings (SSSR count). The van der Waals surface area contributed by atoms with E-state index in [0.717, 1.165) is 0 Å². The van der Waals surface area contributed by atoms with E-state index in [1.54, 1.807) is 25.3 Å². The average molecular weight is 277 g/mol. The van der Waals surface area contributed by atoms with Gasteiger partial charge in [0.2, 0.25) is 0 Å². The number of hydrogen-bond donors (Lipinski definition) is 1. The topological polar surface area (TPSA) is 46.5 Å². The van der Waals surface area contributed by atoms with Crippen molar-refractivity contribution >= 4 is 29.2 Å².